The van der Waals surface area contributed by atoms with Crippen molar-refractivity contribution in [2.75, 3.05) is 19.8 Å². The van der Waals surface area contributed by atoms with Crippen LogP contribution >= 0.6 is 11.6 Å². The normalized spacial score (nSPS) is 18.9. The Kier molecular flexibility index (Phi) is 4.61. The number of carbonyl (C=O) groups excluding carboxylic acids is 1. The minimum atomic E-state index is 0.00273. The van der Waals surface area contributed by atoms with Crippen molar-refractivity contribution >= 4 is 17.4 Å². The summed E-state index contributed by atoms with van der Waals surface area (Å²) in [6.07, 6.45) is 1.66. The standard InChI is InChI=1S/C14H17ClO3/c1-2-10-7-12(3-4-13(10)15)18-9-14(16)11-5-6-17-8-11/h3-4,7,11H,2,5-6,8-9H2,1H3. The van der Waals surface area contributed by atoms with Crippen LogP contribution in [0.3, 0.4) is 0 Å². The van der Waals surface area contributed by atoms with Crippen molar-refractivity contribution < 1.29 is 14.3 Å². The molecule has 0 bridgehead atoms. The number of rotatable bonds is 5. The predicted molar refractivity (Wildman–Crippen MR) is 70.3 cm³/mol. The molecule has 1 unspecified atom stereocenters. The summed E-state index contributed by atoms with van der Waals surface area (Å²) in [7, 11) is 0. The first-order chi connectivity index (χ1) is 8.70. The number of hydrogen-bond acceptors (Lipinski definition) is 3. The Bertz CT molecular complexity index is 425. The molecule has 1 heterocycles. The summed E-state index contributed by atoms with van der Waals surface area (Å²) < 4.78 is 10.7. The van der Waals surface area contributed by atoms with E-state index in [1.54, 1.807) is 12.1 Å². The number of aryl methyl sites for hydroxylation is 1. The lowest BCUT2D eigenvalue weighted by Crippen LogP contribution is -2.21. The van der Waals surface area contributed by atoms with Gasteiger partial charge in [0, 0.05) is 17.5 Å². The van der Waals surface area contributed by atoms with Gasteiger partial charge in [-0.05, 0) is 36.6 Å². The van der Waals surface area contributed by atoms with Gasteiger partial charge in [-0.2, -0.15) is 0 Å². The van der Waals surface area contributed by atoms with Crippen LogP contribution in [0.1, 0.15) is 18.9 Å². The van der Waals surface area contributed by atoms with Crippen LogP contribution in [0, 0.1) is 5.92 Å². The zero-order valence-corrected chi connectivity index (χ0v) is 11.2. The Hall–Kier alpha value is -1.06. The first kappa shape index (κ1) is 13.4. The average molecular weight is 269 g/mol. The van der Waals surface area contributed by atoms with Crippen molar-refractivity contribution in [2.24, 2.45) is 5.92 Å². The van der Waals surface area contributed by atoms with Crippen LogP contribution < -0.4 is 4.74 Å². The van der Waals surface area contributed by atoms with Gasteiger partial charge in [-0.15, -0.1) is 0 Å². The molecular weight excluding hydrogens is 252 g/mol. The van der Waals surface area contributed by atoms with Crippen LogP contribution in [0.2, 0.25) is 5.02 Å². The Morgan fingerprint density at radius 3 is 3.06 bits per heavy atom. The van der Waals surface area contributed by atoms with Crippen molar-refractivity contribution in [1.29, 1.82) is 0 Å². The van der Waals surface area contributed by atoms with E-state index in [9.17, 15) is 4.79 Å². The molecule has 1 atom stereocenters. The monoisotopic (exact) mass is 268 g/mol. The highest BCUT2D eigenvalue weighted by molar-refractivity contribution is 6.31. The van der Waals surface area contributed by atoms with Gasteiger partial charge in [0.15, 0.2) is 5.78 Å². The Morgan fingerprint density at radius 2 is 2.39 bits per heavy atom. The Balaban J connectivity index is 1.91. The molecule has 0 aromatic heterocycles. The van der Waals surface area contributed by atoms with Crippen LogP contribution in [-0.4, -0.2) is 25.6 Å². The molecule has 3 nitrogen and oxygen atoms in total. The molecule has 1 saturated heterocycles. The molecule has 0 radical (unpaired) electrons. The molecule has 0 saturated carbocycles. The third-order valence-electron chi connectivity index (χ3n) is 3.16. The fourth-order valence-electron chi connectivity index (χ4n) is 1.97. The van der Waals surface area contributed by atoms with Gasteiger partial charge in [-0.1, -0.05) is 18.5 Å². The number of hydrogen-bond donors (Lipinski definition) is 0. The van der Waals surface area contributed by atoms with E-state index in [-0.39, 0.29) is 18.3 Å². The molecule has 2 rings (SSSR count). The second kappa shape index (κ2) is 6.21. The SMILES string of the molecule is CCc1cc(OCC(=O)C2CCOC2)ccc1Cl. The predicted octanol–water partition coefficient (Wildman–Crippen LogP) is 2.89. The van der Waals surface area contributed by atoms with Gasteiger partial charge in [0.2, 0.25) is 0 Å². The highest BCUT2D eigenvalue weighted by atomic mass is 35.5. The van der Waals surface area contributed by atoms with E-state index in [0.717, 1.165) is 23.4 Å². The van der Waals surface area contributed by atoms with Crippen molar-refractivity contribution in [3.63, 3.8) is 0 Å². The Labute approximate surface area is 112 Å². The lowest BCUT2D eigenvalue weighted by atomic mass is 10.0. The lowest BCUT2D eigenvalue weighted by Gasteiger charge is -2.10. The van der Waals surface area contributed by atoms with Crippen LogP contribution in [0.4, 0.5) is 0 Å². The summed E-state index contributed by atoms with van der Waals surface area (Å²) in [6.45, 7) is 3.35. The van der Waals surface area contributed by atoms with Crippen molar-refractivity contribution in [3.8, 4) is 5.75 Å². The summed E-state index contributed by atoms with van der Waals surface area (Å²) >= 11 is 6.02. The molecule has 4 heteroatoms. The Morgan fingerprint density at radius 1 is 1.56 bits per heavy atom. The minimum absolute atomic E-state index is 0.00273. The highest BCUT2D eigenvalue weighted by Gasteiger charge is 2.23. The number of ether oxygens (including phenoxy) is 2. The average Bonchev–Trinajstić information content (AvgIpc) is 2.91. The molecule has 1 aliphatic heterocycles. The number of halogens is 1. The number of Topliss-reactive ketones (excluding diaryl/α,β-unsaturated/α-hetero) is 1. The van der Waals surface area contributed by atoms with Crippen LogP contribution in [0.5, 0.6) is 5.75 Å². The number of benzene rings is 1. The summed E-state index contributed by atoms with van der Waals surface area (Å²) in [6, 6.07) is 5.49. The molecule has 0 amide bonds. The zero-order chi connectivity index (χ0) is 13.0. The van der Waals surface area contributed by atoms with E-state index in [2.05, 4.69) is 0 Å². The molecule has 1 fully saturated rings. The summed E-state index contributed by atoms with van der Waals surface area (Å²) in [5.41, 5.74) is 1.03. The van der Waals surface area contributed by atoms with E-state index in [1.807, 2.05) is 13.0 Å². The molecular formula is C14H17ClO3. The van der Waals surface area contributed by atoms with Crippen LogP contribution in [-0.2, 0) is 16.0 Å². The first-order valence-corrected chi connectivity index (χ1v) is 6.60. The maximum absolute atomic E-state index is 11.8. The van der Waals surface area contributed by atoms with E-state index in [0.29, 0.717) is 19.0 Å². The summed E-state index contributed by atoms with van der Waals surface area (Å²) in [5.74, 6) is 0.812. The van der Waals surface area contributed by atoms with Crippen LogP contribution in [0.15, 0.2) is 18.2 Å². The molecule has 18 heavy (non-hydrogen) atoms. The second-order valence-corrected chi connectivity index (χ2v) is 4.83. The first-order valence-electron chi connectivity index (χ1n) is 6.22. The lowest BCUT2D eigenvalue weighted by molar-refractivity contribution is -0.124. The fourth-order valence-corrected chi connectivity index (χ4v) is 2.22. The third-order valence-corrected chi connectivity index (χ3v) is 3.53. The minimum Gasteiger partial charge on any atom is -0.486 e. The molecule has 0 aliphatic carbocycles. The van der Waals surface area contributed by atoms with Crippen LogP contribution in [0.25, 0.3) is 0 Å². The van der Waals surface area contributed by atoms with E-state index in [4.69, 9.17) is 21.1 Å². The van der Waals surface area contributed by atoms with Gasteiger partial charge in [-0.25, -0.2) is 0 Å². The highest BCUT2D eigenvalue weighted by Crippen LogP contribution is 2.23. The molecule has 1 aromatic rings. The quantitative estimate of drug-likeness (QED) is 0.824. The van der Waals surface area contributed by atoms with E-state index >= 15 is 0 Å². The smallest absolute Gasteiger partial charge is 0.175 e. The van der Waals surface area contributed by atoms with Gasteiger partial charge in [-0.3, -0.25) is 4.79 Å². The molecule has 1 aromatic carbocycles. The third kappa shape index (κ3) is 3.24. The summed E-state index contributed by atoms with van der Waals surface area (Å²) in [4.78, 5) is 11.8. The van der Waals surface area contributed by atoms with Gasteiger partial charge in [0.05, 0.1) is 6.61 Å². The van der Waals surface area contributed by atoms with Gasteiger partial charge in [0.1, 0.15) is 12.4 Å². The van der Waals surface area contributed by atoms with E-state index < -0.39 is 0 Å². The van der Waals surface area contributed by atoms with Gasteiger partial charge in [0.25, 0.3) is 0 Å². The second-order valence-electron chi connectivity index (χ2n) is 4.42. The largest absolute Gasteiger partial charge is 0.486 e. The van der Waals surface area contributed by atoms with E-state index in [1.165, 1.54) is 0 Å². The van der Waals surface area contributed by atoms with Gasteiger partial charge >= 0.3 is 0 Å². The van der Waals surface area contributed by atoms with Crippen molar-refractivity contribution in [3.05, 3.63) is 28.8 Å². The van der Waals surface area contributed by atoms with Gasteiger partial charge < -0.3 is 9.47 Å². The molecule has 1 aliphatic rings. The topological polar surface area (TPSA) is 35.5 Å². The molecule has 98 valence electrons. The summed E-state index contributed by atoms with van der Waals surface area (Å²) in [5, 5.41) is 0.736. The molecule has 0 N–H and O–H groups in total. The maximum Gasteiger partial charge on any atom is 0.175 e. The zero-order valence-electron chi connectivity index (χ0n) is 10.4. The molecule has 0 spiro atoms. The van der Waals surface area contributed by atoms with Crippen molar-refractivity contribution in [1.82, 2.24) is 0 Å². The number of carbonyl (C=O) groups is 1. The number of ketones is 1. The maximum atomic E-state index is 11.8. The van der Waals surface area contributed by atoms with Crippen molar-refractivity contribution in [2.45, 2.75) is 19.8 Å². The fraction of sp³-hybridized carbons (Fsp3) is 0.500.